The topological polar surface area (TPSA) is 85.8 Å². The second-order valence-corrected chi connectivity index (χ2v) is 7.93. The fourth-order valence-electron chi connectivity index (χ4n) is 4.37. The molecule has 0 atom stereocenters. The lowest BCUT2D eigenvalue weighted by atomic mass is 9.92. The summed E-state index contributed by atoms with van der Waals surface area (Å²) < 4.78 is 5.42. The van der Waals surface area contributed by atoms with Gasteiger partial charge in [-0.05, 0) is 36.8 Å². The molecule has 0 unspecified atom stereocenters. The number of hydrogen-bond donors (Lipinski definition) is 3. The van der Waals surface area contributed by atoms with E-state index in [0.717, 1.165) is 75.2 Å². The Bertz CT molecular complexity index is 757. The number of nitrogens with zero attached hydrogens (tertiary/aromatic N) is 2. The van der Waals surface area contributed by atoms with Crippen molar-refractivity contribution in [3.05, 3.63) is 53.4 Å². The van der Waals surface area contributed by atoms with Crippen LogP contribution in [0, 0.1) is 5.41 Å². The molecule has 4 N–H and O–H groups in total. The molecule has 0 radical (unpaired) electrons. The van der Waals surface area contributed by atoms with Gasteiger partial charge in [0.2, 0.25) is 0 Å². The molecule has 150 valence electrons. The van der Waals surface area contributed by atoms with Crippen molar-refractivity contribution in [3.63, 3.8) is 0 Å². The number of amidine groups is 1. The van der Waals surface area contributed by atoms with E-state index in [2.05, 4.69) is 35.4 Å². The quantitative estimate of drug-likeness (QED) is 0.744. The third-order valence-corrected chi connectivity index (χ3v) is 6.07. The Morgan fingerprint density at radius 1 is 1.11 bits per heavy atom. The van der Waals surface area contributed by atoms with E-state index in [0.29, 0.717) is 5.84 Å². The first-order chi connectivity index (χ1) is 13.7. The normalized spacial score (nSPS) is 28.0. The van der Waals surface area contributed by atoms with Crippen LogP contribution in [0.1, 0.15) is 36.8 Å². The standard InChI is InChI=1S/C22H30N4O2/c23-13-20-21(15-26(22(20)24)18-5-7-19(27)8-6-18)17-3-1-16(2-4-17)14-25-9-11-28-12-10-25/h1-4,13,15,18-19,24,27H,5-12,14,23H2/b20-13-,24-22?/t18-,19-. The number of ether oxygens (including phenoxy) is 1. The number of nitrogens with one attached hydrogen (secondary N) is 1. The van der Waals surface area contributed by atoms with Crippen molar-refractivity contribution < 1.29 is 9.84 Å². The van der Waals surface area contributed by atoms with Crippen molar-refractivity contribution >= 4 is 11.4 Å². The number of benzene rings is 1. The molecule has 6 nitrogen and oxygen atoms in total. The van der Waals surface area contributed by atoms with Gasteiger partial charge < -0.3 is 20.5 Å². The van der Waals surface area contributed by atoms with E-state index in [1.165, 1.54) is 5.56 Å². The van der Waals surface area contributed by atoms with E-state index in [4.69, 9.17) is 15.9 Å². The number of rotatable bonds is 4. The zero-order chi connectivity index (χ0) is 19.5. The molecule has 0 aromatic heterocycles. The molecular formula is C22H30N4O2. The Balaban J connectivity index is 1.49. The molecule has 0 spiro atoms. The van der Waals surface area contributed by atoms with Crippen molar-refractivity contribution in [1.82, 2.24) is 9.80 Å². The van der Waals surface area contributed by atoms with Crippen LogP contribution in [0.4, 0.5) is 0 Å². The van der Waals surface area contributed by atoms with Gasteiger partial charge in [0.1, 0.15) is 5.84 Å². The van der Waals surface area contributed by atoms with Gasteiger partial charge in [0, 0.05) is 49.2 Å². The van der Waals surface area contributed by atoms with Crippen LogP contribution in [0.3, 0.4) is 0 Å². The monoisotopic (exact) mass is 382 g/mol. The highest BCUT2D eigenvalue weighted by atomic mass is 16.5. The third-order valence-electron chi connectivity index (χ3n) is 6.07. The summed E-state index contributed by atoms with van der Waals surface area (Å²) in [5.41, 5.74) is 10.1. The van der Waals surface area contributed by atoms with E-state index >= 15 is 0 Å². The maximum absolute atomic E-state index is 9.78. The Kier molecular flexibility index (Phi) is 5.80. The number of nitrogens with two attached hydrogens (primary N) is 1. The predicted molar refractivity (Wildman–Crippen MR) is 111 cm³/mol. The van der Waals surface area contributed by atoms with Gasteiger partial charge in [0.15, 0.2) is 0 Å². The summed E-state index contributed by atoms with van der Waals surface area (Å²) in [6.07, 6.45) is 6.84. The van der Waals surface area contributed by atoms with Crippen LogP contribution < -0.4 is 5.73 Å². The number of hydrogen-bond acceptors (Lipinski definition) is 5. The average Bonchev–Trinajstić information content (AvgIpc) is 3.06. The average molecular weight is 383 g/mol. The molecule has 1 aromatic carbocycles. The number of aliphatic hydroxyl groups is 1. The van der Waals surface area contributed by atoms with Crippen LogP contribution in [-0.4, -0.2) is 59.2 Å². The van der Waals surface area contributed by atoms with Crippen LogP contribution in [0.5, 0.6) is 0 Å². The Morgan fingerprint density at radius 3 is 2.43 bits per heavy atom. The van der Waals surface area contributed by atoms with Crippen molar-refractivity contribution in [2.75, 3.05) is 26.3 Å². The summed E-state index contributed by atoms with van der Waals surface area (Å²) in [5.74, 6) is 0.469. The van der Waals surface area contributed by atoms with Crippen LogP contribution in [0.25, 0.3) is 5.57 Å². The molecule has 28 heavy (non-hydrogen) atoms. The van der Waals surface area contributed by atoms with Crippen molar-refractivity contribution in [1.29, 1.82) is 5.41 Å². The van der Waals surface area contributed by atoms with Crippen LogP contribution in [0.2, 0.25) is 0 Å². The van der Waals surface area contributed by atoms with E-state index in [-0.39, 0.29) is 12.1 Å². The summed E-state index contributed by atoms with van der Waals surface area (Å²) in [4.78, 5) is 4.45. The van der Waals surface area contributed by atoms with Gasteiger partial charge in [-0.1, -0.05) is 24.3 Å². The van der Waals surface area contributed by atoms with E-state index in [1.54, 1.807) is 6.20 Å². The fraction of sp³-hybridized carbons (Fsp3) is 0.500. The zero-order valence-corrected chi connectivity index (χ0v) is 16.3. The molecule has 1 saturated heterocycles. The fourth-order valence-corrected chi connectivity index (χ4v) is 4.37. The van der Waals surface area contributed by atoms with Crippen molar-refractivity contribution in [3.8, 4) is 0 Å². The molecule has 3 aliphatic rings. The zero-order valence-electron chi connectivity index (χ0n) is 16.3. The maximum Gasteiger partial charge on any atom is 0.134 e. The molecule has 4 rings (SSSR count). The molecule has 2 heterocycles. The molecule has 1 saturated carbocycles. The SMILES string of the molecule is N=C1/C(=C\N)C(c2ccc(CN3CCOCC3)cc2)=CN1[C@H]1CC[C@H](O)CC1. The Labute approximate surface area is 166 Å². The lowest BCUT2D eigenvalue weighted by Gasteiger charge is -2.32. The lowest BCUT2D eigenvalue weighted by molar-refractivity contribution is 0.0342. The summed E-state index contributed by atoms with van der Waals surface area (Å²) in [6, 6.07) is 8.87. The van der Waals surface area contributed by atoms with Gasteiger partial charge in [0.25, 0.3) is 0 Å². The third kappa shape index (κ3) is 3.99. The van der Waals surface area contributed by atoms with Crippen molar-refractivity contribution in [2.24, 2.45) is 5.73 Å². The summed E-state index contributed by atoms with van der Waals surface area (Å²) in [6.45, 7) is 4.52. The van der Waals surface area contributed by atoms with Gasteiger partial charge >= 0.3 is 0 Å². The number of morpholine rings is 1. The lowest BCUT2D eigenvalue weighted by Crippen LogP contribution is -2.37. The van der Waals surface area contributed by atoms with Crippen molar-refractivity contribution in [2.45, 2.75) is 44.4 Å². The Morgan fingerprint density at radius 2 is 1.79 bits per heavy atom. The Hall–Kier alpha value is -2.15. The minimum atomic E-state index is -0.194. The second kappa shape index (κ2) is 8.47. The first-order valence-corrected chi connectivity index (χ1v) is 10.2. The first-order valence-electron chi connectivity index (χ1n) is 10.2. The largest absolute Gasteiger partial charge is 0.404 e. The molecule has 6 heteroatoms. The summed E-state index contributed by atoms with van der Waals surface area (Å²) in [5, 5.41) is 18.4. The molecule has 1 aromatic rings. The summed E-state index contributed by atoms with van der Waals surface area (Å²) >= 11 is 0. The van der Waals surface area contributed by atoms with Gasteiger partial charge in [-0.2, -0.15) is 0 Å². The highest BCUT2D eigenvalue weighted by Gasteiger charge is 2.32. The highest BCUT2D eigenvalue weighted by molar-refractivity contribution is 6.15. The van der Waals surface area contributed by atoms with Gasteiger partial charge in [-0.3, -0.25) is 10.3 Å². The predicted octanol–water partition coefficient (Wildman–Crippen LogP) is 2.30. The second-order valence-electron chi connectivity index (χ2n) is 7.93. The van der Waals surface area contributed by atoms with Gasteiger partial charge in [-0.15, -0.1) is 0 Å². The number of aliphatic hydroxyl groups excluding tert-OH is 1. The molecular weight excluding hydrogens is 352 g/mol. The minimum absolute atomic E-state index is 0.194. The molecule has 0 amide bonds. The molecule has 1 aliphatic carbocycles. The first kappa shape index (κ1) is 19.2. The van der Waals surface area contributed by atoms with E-state index in [1.807, 2.05) is 4.90 Å². The highest BCUT2D eigenvalue weighted by Crippen LogP contribution is 2.35. The summed E-state index contributed by atoms with van der Waals surface area (Å²) in [7, 11) is 0. The van der Waals surface area contributed by atoms with Crippen LogP contribution >= 0.6 is 0 Å². The van der Waals surface area contributed by atoms with Gasteiger partial charge in [0.05, 0.1) is 19.3 Å². The molecule has 0 bridgehead atoms. The minimum Gasteiger partial charge on any atom is -0.404 e. The molecule has 2 fully saturated rings. The van der Waals surface area contributed by atoms with E-state index in [9.17, 15) is 5.11 Å². The van der Waals surface area contributed by atoms with E-state index < -0.39 is 0 Å². The maximum atomic E-state index is 9.78. The van der Waals surface area contributed by atoms with Gasteiger partial charge in [-0.25, -0.2) is 0 Å². The smallest absolute Gasteiger partial charge is 0.134 e. The molecule has 2 aliphatic heterocycles. The van der Waals surface area contributed by atoms with Crippen LogP contribution in [-0.2, 0) is 11.3 Å². The van der Waals surface area contributed by atoms with Crippen LogP contribution in [0.15, 0.2) is 42.2 Å².